The number of hydrogen-bond donors (Lipinski definition) is 3. The highest BCUT2D eigenvalue weighted by molar-refractivity contribution is 5.78. The summed E-state index contributed by atoms with van der Waals surface area (Å²) in [5.74, 6) is 0.160. The van der Waals surface area contributed by atoms with Crippen molar-refractivity contribution in [2.24, 2.45) is 17.4 Å². The van der Waals surface area contributed by atoms with Crippen molar-refractivity contribution >= 4 is 5.91 Å². The van der Waals surface area contributed by atoms with Gasteiger partial charge >= 0.3 is 0 Å². The number of nitrogens with two attached hydrogens (primary N) is 2. The molecule has 0 saturated heterocycles. The van der Waals surface area contributed by atoms with E-state index in [0.29, 0.717) is 6.54 Å². The van der Waals surface area contributed by atoms with Gasteiger partial charge in [-0.3, -0.25) is 4.79 Å². The average Bonchev–Trinajstić information content (AvgIpc) is 2.45. The second-order valence-corrected chi connectivity index (χ2v) is 5.39. The number of amides is 1. The number of carbonyl (C=O) groups excluding carboxylic acids is 1. The van der Waals surface area contributed by atoms with Crippen LogP contribution < -0.4 is 16.8 Å². The molecule has 4 heteroatoms. The Morgan fingerprint density at radius 3 is 2.74 bits per heavy atom. The summed E-state index contributed by atoms with van der Waals surface area (Å²) in [6, 6.07) is 9.85. The first-order chi connectivity index (χ1) is 9.16. The monoisotopic (exact) mass is 261 g/mol. The van der Waals surface area contributed by atoms with E-state index < -0.39 is 0 Å². The SMILES string of the molecule is NC1CCCC(C(=O)NCC(N)c2ccccc2)C1. The van der Waals surface area contributed by atoms with Gasteiger partial charge in [0.15, 0.2) is 0 Å². The Labute approximate surface area is 114 Å². The van der Waals surface area contributed by atoms with Gasteiger partial charge in [0.25, 0.3) is 0 Å². The van der Waals surface area contributed by atoms with Crippen LogP contribution in [-0.2, 0) is 4.79 Å². The molecular weight excluding hydrogens is 238 g/mol. The molecular formula is C15H23N3O. The lowest BCUT2D eigenvalue weighted by Gasteiger charge is -2.26. The van der Waals surface area contributed by atoms with Crippen LogP contribution in [0.1, 0.15) is 37.3 Å². The molecule has 4 nitrogen and oxygen atoms in total. The fraction of sp³-hybridized carbons (Fsp3) is 0.533. The van der Waals surface area contributed by atoms with E-state index >= 15 is 0 Å². The third-order valence-corrected chi connectivity index (χ3v) is 3.81. The number of hydrogen-bond acceptors (Lipinski definition) is 3. The van der Waals surface area contributed by atoms with Gasteiger partial charge in [0.1, 0.15) is 0 Å². The molecule has 0 aromatic heterocycles. The minimum absolute atomic E-state index is 0.0618. The quantitative estimate of drug-likeness (QED) is 0.764. The third kappa shape index (κ3) is 4.04. The first-order valence-electron chi connectivity index (χ1n) is 7.00. The Morgan fingerprint density at radius 2 is 2.05 bits per heavy atom. The summed E-state index contributed by atoms with van der Waals surface area (Å²) in [6.45, 7) is 0.481. The Balaban J connectivity index is 1.80. The second kappa shape index (κ2) is 6.68. The number of carbonyl (C=O) groups is 1. The lowest BCUT2D eigenvalue weighted by Crippen LogP contribution is -2.40. The number of benzene rings is 1. The summed E-state index contributed by atoms with van der Waals surface area (Å²) in [4.78, 5) is 12.1. The Hall–Kier alpha value is -1.39. The molecule has 1 saturated carbocycles. The van der Waals surface area contributed by atoms with Crippen molar-refractivity contribution in [2.45, 2.75) is 37.8 Å². The number of rotatable bonds is 4. The molecule has 2 rings (SSSR count). The van der Waals surface area contributed by atoms with E-state index in [9.17, 15) is 4.79 Å². The van der Waals surface area contributed by atoms with Crippen molar-refractivity contribution in [3.05, 3.63) is 35.9 Å². The van der Waals surface area contributed by atoms with E-state index in [1.165, 1.54) is 0 Å². The van der Waals surface area contributed by atoms with Crippen LogP contribution in [0.5, 0.6) is 0 Å². The van der Waals surface area contributed by atoms with Crippen LogP contribution in [0.2, 0.25) is 0 Å². The van der Waals surface area contributed by atoms with Gasteiger partial charge in [-0.25, -0.2) is 0 Å². The minimum Gasteiger partial charge on any atom is -0.354 e. The molecule has 1 aromatic carbocycles. The van der Waals surface area contributed by atoms with Crippen LogP contribution in [0, 0.1) is 5.92 Å². The molecule has 0 heterocycles. The number of nitrogens with one attached hydrogen (secondary N) is 1. The van der Waals surface area contributed by atoms with Gasteiger partial charge < -0.3 is 16.8 Å². The maximum absolute atomic E-state index is 12.1. The van der Waals surface area contributed by atoms with Crippen LogP contribution >= 0.6 is 0 Å². The van der Waals surface area contributed by atoms with E-state index in [0.717, 1.165) is 31.2 Å². The molecule has 19 heavy (non-hydrogen) atoms. The maximum atomic E-state index is 12.1. The van der Waals surface area contributed by atoms with Crippen molar-refractivity contribution < 1.29 is 4.79 Å². The van der Waals surface area contributed by atoms with Gasteiger partial charge in [0.05, 0.1) is 0 Å². The fourth-order valence-electron chi connectivity index (χ4n) is 2.64. The Bertz CT molecular complexity index is 407. The molecule has 0 bridgehead atoms. The largest absolute Gasteiger partial charge is 0.354 e. The van der Waals surface area contributed by atoms with E-state index in [1.807, 2.05) is 30.3 Å². The van der Waals surface area contributed by atoms with Gasteiger partial charge in [-0.1, -0.05) is 36.8 Å². The van der Waals surface area contributed by atoms with Gasteiger partial charge in [0.2, 0.25) is 5.91 Å². The van der Waals surface area contributed by atoms with E-state index in [4.69, 9.17) is 11.5 Å². The molecule has 1 amide bonds. The minimum atomic E-state index is -0.151. The molecule has 1 aliphatic carbocycles. The average molecular weight is 261 g/mol. The first kappa shape index (κ1) is 14.0. The van der Waals surface area contributed by atoms with Crippen LogP contribution in [0.25, 0.3) is 0 Å². The highest BCUT2D eigenvalue weighted by Crippen LogP contribution is 2.23. The van der Waals surface area contributed by atoms with E-state index in [-0.39, 0.29) is 23.9 Å². The summed E-state index contributed by atoms with van der Waals surface area (Å²) in [5, 5.41) is 2.95. The summed E-state index contributed by atoms with van der Waals surface area (Å²) in [6.07, 6.45) is 3.82. The lowest BCUT2D eigenvalue weighted by molar-refractivity contribution is -0.126. The van der Waals surface area contributed by atoms with Crippen LogP contribution in [0.4, 0.5) is 0 Å². The smallest absolute Gasteiger partial charge is 0.223 e. The van der Waals surface area contributed by atoms with Crippen molar-refractivity contribution in [1.82, 2.24) is 5.32 Å². The molecule has 3 atom stereocenters. The normalized spacial score (nSPS) is 24.7. The fourth-order valence-corrected chi connectivity index (χ4v) is 2.64. The molecule has 5 N–H and O–H groups in total. The predicted molar refractivity (Wildman–Crippen MR) is 76.3 cm³/mol. The molecule has 1 aromatic rings. The summed E-state index contributed by atoms with van der Waals surface area (Å²) >= 11 is 0. The molecule has 1 fully saturated rings. The van der Waals surface area contributed by atoms with Crippen LogP contribution in [-0.4, -0.2) is 18.5 Å². The molecule has 1 aliphatic rings. The maximum Gasteiger partial charge on any atom is 0.223 e. The molecule has 0 radical (unpaired) electrons. The molecule has 0 aliphatic heterocycles. The lowest BCUT2D eigenvalue weighted by atomic mass is 9.85. The van der Waals surface area contributed by atoms with Crippen molar-refractivity contribution in [3.63, 3.8) is 0 Å². The third-order valence-electron chi connectivity index (χ3n) is 3.81. The zero-order valence-corrected chi connectivity index (χ0v) is 11.2. The highest BCUT2D eigenvalue weighted by Gasteiger charge is 2.25. The Morgan fingerprint density at radius 1 is 1.32 bits per heavy atom. The van der Waals surface area contributed by atoms with Crippen molar-refractivity contribution in [3.8, 4) is 0 Å². The topological polar surface area (TPSA) is 81.1 Å². The van der Waals surface area contributed by atoms with Crippen LogP contribution in [0.3, 0.4) is 0 Å². The van der Waals surface area contributed by atoms with Gasteiger partial charge in [-0.2, -0.15) is 0 Å². The zero-order valence-electron chi connectivity index (χ0n) is 11.2. The van der Waals surface area contributed by atoms with Crippen LogP contribution in [0.15, 0.2) is 30.3 Å². The molecule has 0 spiro atoms. The van der Waals surface area contributed by atoms with E-state index in [1.54, 1.807) is 0 Å². The van der Waals surface area contributed by atoms with E-state index in [2.05, 4.69) is 5.32 Å². The summed E-state index contributed by atoms with van der Waals surface area (Å²) in [7, 11) is 0. The zero-order chi connectivity index (χ0) is 13.7. The van der Waals surface area contributed by atoms with Crippen molar-refractivity contribution in [1.29, 1.82) is 0 Å². The predicted octanol–water partition coefficient (Wildman–Crippen LogP) is 1.32. The molecule has 104 valence electrons. The first-order valence-corrected chi connectivity index (χ1v) is 7.00. The summed E-state index contributed by atoms with van der Waals surface area (Å²) in [5.41, 5.74) is 13.0. The Kier molecular flexibility index (Phi) is 4.93. The molecule has 3 unspecified atom stereocenters. The van der Waals surface area contributed by atoms with Crippen molar-refractivity contribution in [2.75, 3.05) is 6.54 Å². The summed E-state index contributed by atoms with van der Waals surface area (Å²) < 4.78 is 0. The van der Waals surface area contributed by atoms with Gasteiger partial charge in [-0.05, 0) is 24.8 Å². The van der Waals surface area contributed by atoms with Gasteiger partial charge in [-0.15, -0.1) is 0 Å². The van der Waals surface area contributed by atoms with Gasteiger partial charge in [0, 0.05) is 24.5 Å². The second-order valence-electron chi connectivity index (χ2n) is 5.39. The standard InChI is InChI=1S/C15H23N3O/c16-13-8-4-7-12(9-13)15(19)18-10-14(17)11-5-2-1-3-6-11/h1-3,5-6,12-14H,4,7-10,16-17H2,(H,18,19). The highest BCUT2D eigenvalue weighted by atomic mass is 16.1.